The average Bonchev–Trinajstić information content (AvgIpc) is 3.02. The number of anilines is 1. The molecule has 1 amide bonds. The SMILES string of the molecule is CO[C@H]1CN(c2cccc(-c3cccc(Cl)c3OCc3cc(C)c4c(c3)CCN(C(=O)OC(C)(C)C)C4)n2)CC[C@H]1C(=O)OC(C)(C)C. The van der Waals surface area contributed by atoms with Crippen LogP contribution in [0.2, 0.25) is 5.02 Å². The molecule has 0 radical (unpaired) electrons. The van der Waals surface area contributed by atoms with Crippen molar-refractivity contribution in [2.24, 2.45) is 5.92 Å². The van der Waals surface area contributed by atoms with Gasteiger partial charge in [-0.25, -0.2) is 9.78 Å². The number of methoxy groups -OCH3 is 1. The van der Waals surface area contributed by atoms with Gasteiger partial charge in [0.15, 0.2) is 0 Å². The molecule has 3 aromatic rings. The van der Waals surface area contributed by atoms with Gasteiger partial charge in [-0.15, -0.1) is 0 Å². The zero-order valence-corrected chi connectivity index (χ0v) is 30.1. The summed E-state index contributed by atoms with van der Waals surface area (Å²) in [6.45, 7) is 16.0. The zero-order chi connectivity index (χ0) is 34.8. The lowest BCUT2D eigenvalue weighted by Crippen LogP contribution is -2.49. The maximum Gasteiger partial charge on any atom is 0.410 e. The van der Waals surface area contributed by atoms with Crippen LogP contribution in [0.3, 0.4) is 0 Å². The Morgan fingerprint density at radius 3 is 2.42 bits per heavy atom. The molecule has 1 aromatic heterocycles. The first-order valence-electron chi connectivity index (χ1n) is 16.6. The standard InChI is InChI=1S/C38H48ClN3O6/c1-24-19-25(20-26-15-17-42(21-29(24)26)36(44)48-38(5,6)7)23-46-34-27(11-9-12-30(34)39)31-13-10-14-33(40-31)41-18-16-28(32(22-41)45-8)35(43)47-37(2,3)4/h9-14,19-20,28,32H,15-18,21-23H2,1-8H3/t28-,32+/m1/s1. The number of nitrogens with zero attached hydrogens (tertiary/aromatic N) is 3. The van der Waals surface area contributed by atoms with Gasteiger partial charge in [0.25, 0.3) is 0 Å². The third-order valence-corrected chi connectivity index (χ3v) is 8.83. The maximum absolute atomic E-state index is 12.9. The summed E-state index contributed by atoms with van der Waals surface area (Å²) < 4.78 is 23.5. The minimum Gasteiger partial charge on any atom is -0.487 e. The van der Waals surface area contributed by atoms with Gasteiger partial charge in [0, 0.05) is 38.9 Å². The van der Waals surface area contributed by atoms with Crippen molar-refractivity contribution >= 4 is 29.5 Å². The summed E-state index contributed by atoms with van der Waals surface area (Å²) in [6.07, 6.45) is 0.748. The Kier molecular flexibility index (Phi) is 10.6. The fourth-order valence-electron chi connectivity index (χ4n) is 6.28. The molecule has 2 atom stereocenters. The van der Waals surface area contributed by atoms with Gasteiger partial charge >= 0.3 is 12.1 Å². The van der Waals surface area contributed by atoms with Crippen LogP contribution in [0.1, 0.15) is 70.2 Å². The molecule has 0 aliphatic carbocycles. The number of aryl methyl sites for hydroxylation is 1. The molecule has 2 aliphatic heterocycles. The molecule has 48 heavy (non-hydrogen) atoms. The summed E-state index contributed by atoms with van der Waals surface area (Å²) in [5.74, 6) is 0.786. The van der Waals surface area contributed by atoms with Crippen LogP contribution in [0.4, 0.5) is 10.6 Å². The Morgan fingerprint density at radius 1 is 0.979 bits per heavy atom. The quantitative estimate of drug-likeness (QED) is 0.234. The third kappa shape index (κ3) is 8.60. The average molecular weight is 678 g/mol. The zero-order valence-electron chi connectivity index (χ0n) is 29.4. The lowest BCUT2D eigenvalue weighted by atomic mass is 9.93. The van der Waals surface area contributed by atoms with E-state index in [-0.39, 0.29) is 24.1 Å². The number of esters is 1. The highest BCUT2D eigenvalue weighted by atomic mass is 35.5. The topological polar surface area (TPSA) is 90.4 Å². The number of para-hydroxylation sites is 1. The van der Waals surface area contributed by atoms with E-state index in [0.29, 0.717) is 50.0 Å². The number of piperidine rings is 1. The highest BCUT2D eigenvalue weighted by Gasteiger charge is 2.37. The number of fused-ring (bicyclic) bond motifs is 1. The second-order valence-electron chi connectivity index (χ2n) is 14.6. The number of aromatic nitrogens is 1. The van der Waals surface area contributed by atoms with Crippen molar-refractivity contribution in [3.05, 3.63) is 75.8 Å². The summed E-state index contributed by atoms with van der Waals surface area (Å²) in [5, 5.41) is 0.500. The van der Waals surface area contributed by atoms with Crippen LogP contribution < -0.4 is 9.64 Å². The summed E-state index contributed by atoms with van der Waals surface area (Å²) in [6, 6.07) is 15.8. The smallest absolute Gasteiger partial charge is 0.410 e. The minimum atomic E-state index is -0.553. The van der Waals surface area contributed by atoms with E-state index in [9.17, 15) is 9.59 Å². The summed E-state index contributed by atoms with van der Waals surface area (Å²) in [4.78, 5) is 34.5. The molecule has 1 saturated heterocycles. The van der Waals surface area contributed by atoms with Gasteiger partial charge in [0.05, 0.1) is 22.7 Å². The monoisotopic (exact) mass is 677 g/mol. The second-order valence-corrected chi connectivity index (χ2v) is 15.0. The molecule has 0 bridgehead atoms. The van der Waals surface area contributed by atoms with E-state index in [0.717, 1.165) is 40.2 Å². The first kappa shape index (κ1) is 35.5. The van der Waals surface area contributed by atoms with Crippen molar-refractivity contribution in [3.63, 3.8) is 0 Å². The summed E-state index contributed by atoms with van der Waals surface area (Å²) in [5.41, 5.74) is 4.95. The number of ether oxygens (including phenoxy) is 4. The van der Waals surface area contributed by atoms with E-state index in [2.05, 4.69) is 24.0 Å². The van der Waals surface area contributed by atoms with E-state index in [1.165, 1.54) is 5.56 Å². The lowest BCUT2D eigenvalue weighted by molar-refractivity contribution is -0.165. The van der Waals surface area contributed by atoms with E-state index in [4.69, 9.17) is 35.5 Å². The number of pyridine rings is 1. The molecule has 0 unspecified atom stereocenters. The number of halogens is 1. The number of benzene rings is 2. The predicted octanol–water partition coefficient (Wildman–Crippen LogP) is 7.77. The van der Waals surface area contributed by atoms with Gasteiger partial charge in [-0.05, 0) is 108 Å². The largest absolute Gasteiger partial charge is 0.487 e. The Morgan fingerprint density at radius 2 is 1.71 bits per heavy atom. The molecular formula is C38H48ClN3O6. The van der Waals surface area contributed by atoms with Crippen molar-refractivity contribution < 1.29 is 28.5 Å². The molecule has 1 fully saturated rings. The first-order valence-corrected chi connectivity index (χ1v) is 17.0. The highest BCUT2D eigenvalue weighted by Crippen LogP contribution is 2.37. The van der Waals surface area contributed by atoms with Crippen molar-refractivity contribution in [2.45, 2.75) is 91.8 Å². The third-order valence-electron chi connectivity index (χ3n) is 8.53. The molecule has 0 N–H and O–H groups in total. The number of hydrogen-bond acceptors (Lipinski definition) is 8. The van der Waals surface area contributed by atoms with Crippen LogP contribution in [0, 0.1) is 12.8 Å². The number of amides is 1. The van der Waals surface area contributed by atoms with Crippen LogP contribution in [0.15, 0.2) is 48.5 Å². The van der Waals surface area contributed by atoms with Gasteiger partial charge in [-0.2, -0.15) is 0 Å². The van der Waals surface area contributed by atoms with E-state index >= 15 is 0 Å². The van der Waals surface area contributed by atoms with Crippen LogP contribution >= 0.6 is 11.6 Å². The molecule has 10 heteroatoms. The second kappa shape index (κ2) is 14.3. The lowest BCUT2D eigenvalue weighted by Gasteiger charge is -2.38. The molecule has 5 rings (SSSR count). The van der Waals surface area contributed by atoms with E-state index < -0.39 is 11.2 Å². The fourth-order valence-corrected chi connectivity index (χ4v) is 6.51. The van der Waals surface area contributed by atoms with E-state index in [1.54, 1.807) is 12.0 Å². The Labute approximate surface area is 289 Å². The number of carbonyl (C=O) groups excluding carboxylic acids is 2. The van der Waals surface area contributed by atoms with Crippen LogP contribution in [0.5, 0.6) is 5.75 Å². The van der Waals surface area contributed by atoms with Crippen molar-refractivity contribution in [3.8, 4) is 17.0 Å². The number of carbonyl (C=O) groups is 2. The summed E-state index contributed by atoms with van der Waals surface area (Å²) >= 11 is 6.73. The molecule has 0 saturated carbocycles. The number of hydrogen-bond donors (Lipinski definition) is 0. The molecule has 0 spiro atoms. The van der Waals surface area contributed by atoms with Crippen LogP contribution in [-0.2, 0) is 38.6 Å². The van der Waals surface area contributed by atoms with Gasteiger partial charge in [0.2, 0.25) is 0 Å². The molecule has 258 valence electrons. The highest BCUT2D eigenvalue weighted by molar-refractivity contribution is 6.32. The van der Waals surface area contributed by atoms with Gasteiger partial charge < -0.3 is 28.7 Å². The molecule has 9 nitrogen and oxygen atoms in total. The van der Waals surface area contributed by atoms with Gasteiger partial charge in [-0.1, -0.05) is 35.9 Å². The van der Waals surface area contributed by atoms with E-state index in [1.807, 2.05) is 77.9 Å². The first-order chi connectivity index (χ1) is 22.6. The molecule has 3 heterocycles. The van der Waals surface area contributed by atoms with Gasteiger partial charge in [0.1, 0.15) is 29.4 Å². The van der Waals surface area contributed by atoms with Crippen LogP contribution in [0.25, 0.3) is 11.3 Å². The van der Waals surface area contributed by atoms with Crippen molar-refractivity contribution in [1.82, 2.24) is 9.88 Å². The van der Waals surface area contributed by atoms with Crippen LogP contribution in [-0.4, -0.2) is 66.0 Å². The van der Waals surface area contributed by atoms with Crippen molar-refractivity contribution in [2.75, 3.05) is 31.6 Å². The fraction of sp³-hybridized carbons (Fsp3) is 0.500. The number of rotatable bonds is 7. The molecule has 2 aliphatic rings. The minimum absolute atomic E-state index is 0.228. The molecule has 2 aromatic carbocycles. The van der Waals surface area contributed by atoms with Gasteiger partial charge in [-0.3, -0.25) is 4.79 Å². The Bertz CT molecular complexity index is 1650. The maximum atomic E-state index is 12.9. The predicted molar refractivity (Wildman–Crippen MR) is 188 cm³/mol. The summed E-state index contributed by atoms with van der Waals surface area (Å²) in [7, 11) is 1.63. The Balaban J connectivity index is 1.30. The molecular weight excluding hydrogens is 630 g/mol. The van der Waals surface area contributed by atoms with Crippen molar-refractivity contribution in [1.29, 1.82) is 0 Å². The Hall–Kier alpha value is -3.82. The normalized spacial score (nSPS) is 18.3.